The van der Waals surface area contributed by atoms with Crippen molar-refractivity contribution in [3.05, 3.63) is 29.8 Å². The van der Waals surface area contributed by atoms with Crippen molar-refractivity contribution in [2.24, 2.45) is 0 Å². The van der Waals surface area contributed by atoms with E-state index in [0.717, 1.165) is 18.4 Å². The van der Waals surface area contributed by atoms with Gasteiger partial charge < -0.3 is 9.47 Å². The second-order valence-electron chi connectivity index (χ2n) is 4.88. The van der Waals surface area contributed by atoms with Crippen LogP contribution in [0.15, 0.2) is 24.3 Å². The van der Waals surface area contributed by atoms with Crippen LogP contribution in [0.4, 0.5) is 0 Å². The fraction of sp³-hybridized carbons (Fsp3) is 0.529. The average Bonchev–Trinajstić information content (AvgIpc) is 2.54. The molecule has 0 saturated carbocycles. The summed E-state index contributed by atoms with van der Waals surface area (Å²) < 4.78 is 11.3. The predicted molar refractivity (Wildman–Crippen MR) is 94.3 cm³/mol. The Bertz CT molecular complexity index is 482. The molecule has 0 N–H and O–H groups in total. The van der Waals surface area contributed by atoms with E-state index in [1.807, 2.05) is 12.1 Å². The van der Waals surface area contributed by atoms with Crippen molar-refractivity contribution < 1.29 is 14.3 Å². The van der Waals surface area contributed by atoms with Crippen molar-refractivity contribution >= 4 is 28.6 Å². The lowest BCUT2D eigenvalue weighted by Gasteiger charge is -2.11. The molecule has 1 rings (SSSR count). The molecule has 0 fully saturated rings. The van der Waals surface area contributed by atoms with Crippen molar-refractivity contribution in [1.29, 1.82) is 5.26 Å². The molecule has 1 atom stereocenters. The molecule has 0 radical (unpaired) electrons. The summed E-state index contributed by atoms with van der Waals surface area (Å²) in [6, 6.07) is 9.75. The zero-order valence-corrected chi connectivity index (χ0v) is 15.0. The number of esters is 1. The largest absolute Gasteiger partial charge is 0.482 e. The van der Waals surface area contributed by atoms with Gasteiger partial charge in [0.25, 0.3) is 0 Å². The van der Waals surface area contributed by atoms with Crippen LogP contribution in [0, 0.1) is 11.3 Å². The fourth-order valence-corrected chi connectivity index (χ4v) is 2.61. The van der Waals surface area contributed by atoms with Gasteiger partial charge in [0.05, 0.1) is 18.6 Å². The van der Waals surface area contributed by atoms with Gasteiger partial charge in [-0.2, -0.15) is 5.26 Å². The van der Waals surface area contributed by atoms with Crippen molar-refractivity contribution in [3.63, 3.8) is 0 Å². The van der Waals surface area contributed by atoms with E-state index >= 15 is 0 Å². The molecule has 0 aliphatic carbocycles. The van der Waals surface area contributed by atoms with Crippen LogP contribution in [-0.2, 0) is 9.53 Å². The fourth-order valence-electron chi connectivity index (χ4n) is 2.07. The van der Waals surface area contributed by atoms with E-state index in [-0.39, 0.29) is 18.5 Å². The summed E-state index contributed by atoms with van der Waals surface area (Å²) in [6.07, 6.45) is 4.33. The van der Waals surface area contributed by atoms with Crippen LogP contribution in [-0.4, -0.2) is 23.6 Å². The topological polar surface area (TPSA) is 59.3 Å². The molecular formula is C17H22INO3. The van der Waals surface area contributed by atoms with Gasteiger partial charge in [0, 0.05) is 0 Å². The van der Waals surface area contributed by atoms with Crippen LogP contribution >= 0.6 is 22.6 Å². The van der Waals surface area contributed by atoms with Crippen LogP contribution in [0.25, 0.3) is 0 Å². The molecule has 0 saturated heterocycles. The lowest BCUT2D eigenvalue weighted by molar-refractivity contribution is -0.145. The highest BCUT2D eigenvalue weighted by molar-refractivity contribution is 14.1. The molecule has 1 aromatic rings. The first-order valence-corrected chi connectivity index (χ1v) is 9.07. The summed E-state index contributed by atoms with van der Waals surface area (Å²) in [5, 5.41) is 9.30. The number of hydrogen-bond acceptors (Lipinski definition) is 4. The van der Waals surface area contributed by atoms with Gasteiger partial charge in [0.15, 0.2) is 6.61 Å². The third kappa shape index (κ3) is 7.12. The van der Waals surface area contributed by atoms with Gasteiger partial charge in [-0.05, 0) is 41.9 Å². The molecular weight excluding hydrogens is 393 g/mol. The molecule has 5 heteroatoms. The number of carbonyl (C=O) groups excluding carboxylic acids is 1. The molecule has 120 valence electrons. The van der Waals surface area contributed by atoms with Crippen molar-refractivity contribution in [2.75, 3.05) is 17.6 Å². The Labute approximate surface area is 145 Å². The molecule has 0 amide bonds. The van der Waals surface area contributed by atoms with E-state index in [0.29, 0.717) is 12.4 Å². The molecule has 0 heterocycles. The second-order valence-corrected chi connectivity index (χ2v) is 5.96. The van der Waals surface area contributed by atoms with E-state index in [9.17, 15) is 10.1 Å². The summed E-state index contributed by atoms with van der Waals surface area (Å²) in [5.41, 5.74) is 1.00. The van der Waals surface area contributed by atoms with Gasteiger partial charge in [0.2, 0.25) is 0 Å². The SMILES string of the molecule is CCOC(=O)COc1ccc(C(C#N)CCCCCI)cc1. The molecule has 0 spiro atoms. The predicted octanol–water partition coefficient (Wildman–Crippen LogP) is 4.23. The smallest absolute Gasteiger partial charge is 0.344 e. The number of hydrogen-bond donors (Lipinski definition) is 0. The highest BCUT2D eigenvalue weighted by Gasteiger charge is 2.10. The number of benzene rings is 1. The number of alkyl halides is 1. The highest BCUT2D eigenvalue weighted by atomic mass is 127. The summed E-state index contributed by atoms with van der Waals surface area (Å²) in [7, 11) is 0. The van der Waals surface area contributed by atoms with Crippen molar-refractivity contribution in [3.8, 4) is 11.8 Å². The Morgan fingerprint density at radius 1 is 1.27 bits per heavy atom. The lowest BCUT2D eigenvalue weighted by Crippen LogP contribution is -2.14. The summed E-state index contributed by atoms with van der Waals surface area (Å²) in [4.78, 5) is 11.2. The van der Waals surface area contributed by atoms with Gasteiger partial charge in [-0.15, -0.1) is 0 Å². The number of nitrogens with zero attached hydrogens (tertiary/aromatic N) is 1. The molecule has 0 aliphatic rings. The van der Waals surface area contributed by atoms with Crippen molar-refractivity contribution in [1.82, 2.24) is 0 Å². The minimum Gasteiger partial charge on any atom is -0.482 e. The Hall–Kier alpha value is -1.29. The Morgan fingerprint density at radius 3 is 2.59 bits per heavy atom. The third-order valence-corrected chi connectivity index (χ3v) is 3.99. The molecule has 1 aromatic carbocycles. The normalized spacial score (nSPS) is 11.5. The summed E-state index contributed by atoms with van der Waals surface area (Å²) >= 11 is 2.37. The number of rotatable bonds is 10. The molecule has 0 aliphatic heterocycles. The van der Waals surface area contributed by atoms with Crippen LogP contribution in [0.3, 0.4) is 0 Å². The molecule has 0 bridgehead atoms. The lowest BCUT2D eigenvalue weighted by atomic mass is 9.94. The zero-order chi connectivity index (χ0) is 16.2. The Morgan fingerprint density at radius 2 is 2.00 bits per heavy atom. The molecule has 4 nitrogen and oxygen atoms in total. The van der Waals surface area contributed by atoms with E-state index in [1.54, 1.807) is 19.1 Å². The van der Waals surface area contributed by atoms with E-state index in [4.69, 9.17) is 9.47 Å². The van der Waals surface area contributed by atoms with E-state index < -0.39 is 0 Å². The molecule has 1 unspecified atom stereocenters. The maximum Gasteiger partial charge on any atom is 0.344 e. The van der Waals surface area contributed by atoms with Crippen LogP contribution in [0.5, 0.6) is 5.75 Å². The first-order chi connectivity index (χ1) is 10.7. The number of unbranched alkanes of at least 4 members (excludes halogenated alkanes) is 2. The van der Waals surface area contributed by atoms with Crippen molar-refractivity contribution in [2.45, 2.75) is 38.5 Å². The minimum absolute atomic E-state index is 0.0756. The highest BCUT2D eigenvalue weighted by Crippen LogP contribution is 2.24. The molecule has 0 aromatic heterocycles. The van der Waals surface area contributed by atoms with E-state index in [1.165, 1.54) is 17.3 Å². The maximum absolute atomic E-state index is 11.2. The van der Waals surface area contributed by atoms with Crippen LogP contribution in [0.2, 0.25) is 0 Å². The van der Waals surface area contributed by atoms with Gasteiger partial charge in [0.1, 0.15) is 5.75 Å². The van der Waals surface area contributed by atoms with Crippen LogP contribution in [0.1, 0.15) is 44.1 Å². The first kappa shape index (κ1) is 18.8. The Kier molecular flexibility index (Phi) is 9.64. The average molecular weight is 415 g/mol. The molecule has 22 heavy (non-hydrogen) atoms. The summed E-state index contributed by atoms with van der Waals surface area (Å²) in [5.74, 6) is 0.156. The van der Waals surface area contributed by atoms with Gasteiger partial charge >= 0.3 is 5.97 Å². The second kappa shape index (κ2) is 11.3. The van der Waals surface area contributed by atoms with Crippen LogP contribution < -0.4 is 4.74 Å². The first-order valence-electron chi connectivity index (χ1n) is 7.55. The number of carbonyl (C=O) groups is 1. The van der Waals surface area contributed by atoms with E-state index in [2.05, 4.69) is 28.7 Å². The van der Waals surface area contributed by atoms with Gasteiger partial charge in [-0.1, -0.05) is 47.6 Å². The number of nitriles is 1. The number of halogens is 1. The Balaban J connectivity index is 2.48. The third-order valence-electron chi connectivity index (χ3n) is 3.23. The van der Waals surface area contributed by atoms with Gasteiger partial charge in [-0.25, -0.2) is 4.79 Å². The summed E-state index contributed by atoms with van der Waals surface area (Å²) in [6.45, 7) is 2.02. The standard InChI is InChI=1S/C17H22INO3/c1-2-21-17(20)13-22-16-9-7-14(8-10-16)15(12-19)6-4-3-5-11-18/h7-10,15H,2-6,11,13H2,1H3. The zero-order valence-electron chi connectivity index (χ0n) is 12.9. The maximum atomic E-state index is 11.2. The number of ether oxygens (including phenoxy) is 2. The quantitative estimate of drug-likeness (QED) is 0.248. The minimum atomic E-state index is -0.378. The monoisotopic (exact) mass is 415 g/mol. The van der Waals surface area contributed by atoms with Gasteiger partial charge in [-0.3, -0.25) is 0 Å².